The lowest BCUT2D eigenvalue weighted by Gasteiger charge is -2.08. The first-order valence-electron chi connectivity index (χ1n) is 11.0. The van der Waals surface area contributed by atoms with Crippen molar-refractivity contribution in [2.45, 2.75) is 12.8 Å². The fourth-order valence-corrected chi connectivity index (χ4v) is 2.82. The van der Waals surface area contributed by atoms with Gasteiger partial charge in [0.15, 0.2) is 0 Å². The van der Waals surface area contributed by atoms with Crippen LogP contribution < -0.4 is 28.5 Å². The molecule has 0 saturated heterocycles. The molecular weight excluding hydrogens is 414 g/mol. The topological polar surface area (TPSA) is 147 Å². The second-order valence-electron chi connectivity index (χ2n) is 8.20. The zero-order chi connectivity index (χ0) is 24.6. The minimum Gasteiger partial charge on any atom is -0.399 e. The molecule has 0 radical (unpaired) electrons. The first-order chi connectivity index (χ1) is 15.7. The third-order valence-corrected chi connectivity index (χ3v) is 4.60. The van der Waals surface area contributed by atoms with Gasteiger partial charge in [0.25, 0.3) is 0 Å². The van der Waals surface area contributed by atoms with Gasteiger partial charge in [-0.1, -0.05) is 24.3 Å². The molecule has 0 fully saturated rings. The molecule has 0 aliphatic carbocycles. The Morgan fingerprint density at radius 2 is 1.27 bits per heavy atom. The summed E-state index contributed by atoms with van der Waals surface area (Å²) in [4.78, 5) is 12.9. The average molecular weight is 456 g/mol. The number of hydrogen-bond acceptors (Lipinski definition) is 7. The van der Waals surface area contributed by atoms with Crippen molar-refractivity contribution in [1.82, 2.24) is 9.80 Å². The maximum absolute atomic E-state index is 5.90. The van der Waals surface area contributed by atoms with Crippen LogP contribution in [0.25, 0.3) is 0 Å². The molecule has 0 aliphatic heterocycles. The van der Waals surface area contributed by atoms with Crippen molar-refractivity contribution in [2.75, 3.05) is 65.5 Å². The SMILES string of the molecule is CN(C)CCCN=C(N)c1cccc(N)c1.CN(C)CCCN=C(N)c1cccc(NN)c1. The summed E-state index contributed by atoms with van der Waals surface area (Å²) in [5.74, 6) is 6.46. The molecule has 0 aliphatic rings. The molecule has 9 heteroatoms. The summed E-state index contributed by atoms with van der Waals surface area (Å²) in [6.07, 6.45) is 2.01. The van der Waals surface area contributed by atoms with Crippen molar-refractivity contribution < 1.29 is 0 Å². The van der Waals surface area contributed by atoms with E-state index >= 15 is 0 Å². The lowest BCUT2D eigenvalue weighted by atomic mass is 10.2. The van der Waals surface area contributed by atoms with Crippen molar-refractivity contribution in [3.05, 3.63) is 59.7 Å². The van der Waals surface area contributed by atoms with E-state index in [-0.39, 0.29) is 0 Å². The highest BCUT2D eigenvalue weighted by atomic mass is 15.2. The molecule has 0 aromatic heterocycles. The molecule has 2 aromatic carbocycles. The molecule has 0 heterocycles. The zero-order valence-corrected chi connectivity index (χ0v) is 20.5. The molecule has 33 heavy (non-hydrogen) atoms. The van der Waals surface area contributed by atoms with Crippen molar-refractivity contribution in [3.63, 3.8) is 0 Å². The number of rotatable bonds is 11. The van der Waals surface area contributed by atoms with E-state index in [0.29, 0.717) is 17.4 Å². The van der Waals surface area contributed by atoms with Gasteiger partial charge in [-0.3, -0.25) is 15.8 Å². The van der Waals surface area contributed by atoms with Gasteiger partial charge in [-0.2, -0.15) is 0 Å². The largest absolute Gasteiger partial charge is 0.399 e. The Hall–Kier alpha value is -3.14. The Morgan fingerprint density at radius 1 is 0.788 bits per heavy atom. The normalized spacial score (nSPS) is 12.0. The molecule has 9 N–H and O–H groups in total. The van der Waals surface area contributed by atoms with Gasteiger partial charge >= 0.3 is 0 Å². The fraction of sp³-hybridized carbons (Fsp3) is 0.417. The fourth-order valence-electron chi connectivity index (χ4n) is 2.82. The first kappa shape index (κ1) is 27.9. The number of amidine groups is 2. The summed E-state index contributed by atoms with van der Waals surface area (Å²) in [7, 11) is 8.18. The van der Waals surface area contributed by atoms with E-state index < -0.39 is 0 Å². The van der Waals surface area contributed by atoms with Gasteiger partial charge in [-0.15, -0.1) is 0 Å². The van der Waals surface area contributed by atoms with Gasteiger partial charge in [-0.05, 0) is 78.4 Å². The molecule has 2 aromatic rings. The number of aliphatic imine (C=N–C) groups is 2. The Balaban J connectivity index is 0.000000331. The quantitative estimate of drug-likeness (QED) is 0.0862. The van der Waals surface area contributed by atoms with Gasteiger partial charge in [-0.25, -0.2) is 0 Å². The maximum atomic E-state index is 5.90. The molecule has 0 unspecified atom stereocenters. The molecule has 0 amide bonds. The summed E-state index contributed by atoms with van der Waals surface area (Å²) >= 11 is 0. The highest BCUT2D eigenvalue weighted by Crippen LogP contribution is 2.09. The average Bonchev–Trinajstić information content (AvgIpc) is 2.79. The zero-order valence-electron chi connectivity index (χ0n) is 20.5. The molecule has 0 atom stereocenters. The van der Waals surface area contributed by atoms with Crippen LogP contribution in [-0.2, 0) is 0 Å². The van der Waals surface area contributed by atoms with Crippen LogP contribution in [0.15, 0.2) is 58.5 Å². The number of anilines is 2. The highest BCUT2D eigenvalue weighted by molar-refractivity contribution is 5.98. The van der Waals surface area contributed by atoms with E-state index in [1.165, 1.54) is 0 Å². The number of hydrogen-bond donors (Lipinski definition) is 5. The van der Waals surface area contributed by atoms with E-state index in [4.69, 9.17) is 23.0 Å². The summed E-state index contributed by atoms with van der Waals surface area (Å²) in [6.45, 7) is 3.53. The number of nitrogens with one attached hydrogen (secondary N) is 1. The van der Waals surface area contributed by atoms with Crippen LogP contribution in [-0.4, -0.2) is 75.8 Å². The Labute approximate surface area is 198 Å². The van der Waals surface area contributed by atoms with Crippen molar-refractivity contribution in [2.24, 2.45) is 27.3 Å². The second kappa shape index (κ2) is 15.6. The third kappa shape index (κ3) is 12.5. The van der Waals surface area contributed by atoms with Crippen LogP contribution in [0.2, 0.25) is 0 Å². The Bertz CT molecular complexity index is 876. The molecule has 0 saturated carbocycles. The van der Waals surface area contributed by atoms with Crippen LogP contribution in [0.4, 0.5) is 11.4 Å². The van der Waals surface area contributed by atoms with Gasteiger partial charge in [0, 0.05) is 35.6 Å². The van der Waals surface area contributed by atoms with Crippen LogP contribution in [0.3, 0.4) is 0 Å². The monoisotopic (exact) mass is 455 g/mol. The summed E-state index contributed by atoms with van der Waals surface area (Å²) in [5, 5.41) is 0. The summed E-state index contributed by atoms with van der Waals surface area (Å²) in [5.41, 5.74) is 23.4. The van der Waals surface area contributed by atoms with Crippen LogP contribution in [0.5, 0.6) is 0 Å². The van der Waals surface area contributed by atoms with E-state index in [1.54, 1.807) is 0 Å². The van der Waals surface area contributed by atoms with Crippen LogP contribution >= 0.6 is 0 Å². The molecule has 0 spiro atoms. The van der Waals surface area contributed by atoms with E-state index in [1.807, 2.05) is 76.7 Å². The van der Waals surface area contributed by atoms with E-state index in [2.05, 4.69) is 25.2 Å². The van der Waals surface area contributed by atoms with Gasteiger partial charge < -0.3 is 32.4 Å². The number of nitrogen functional groups attached to an aromatic ring is 2. The standard InChI is InChI=1S/C12H21N5.C12H20N4/c1-17(2)8-4-7-15-12(13)10-5-3-6-11(9-10)16-14;1-16(2)8-4-7-15-12(14)10-5-3-6-11(13)9-10/h3,5-6,9,16H,4,7-8,14H2,1-2H3,(H2,13,15);3,5-6,9H,4,7-8,13H2,1-2H3,(H2,14,15). The first-order valence-corrected chi connectivity index (χ1v) is 11.0. The number of benzene rings is 2. The van der Waals surface area contributed by atoms with Gasteiger partial charge in [0.2, 0.25) is 0 Å². The predicted octanol–water partition coefficient (Wildman–Crippen LogP) is 1.56. The predicted molar refractivity (Wildman–Crippen MR) is 143 cm³/mol. The Morgan fingerprint density at radius 3 is 1.73 bits per heavy atom. The van der Waals surface area contributed by atoms with Crippen LogP contribution in [0.1, 0.15) is 24.0 Å². The molecule has 9 nitrogen and oxygen atoms in total. The van der Waals surface area contributed by atoms with Crippen LogP contribution in [0, 0.1) is 0 Å². The molecule has 0 bridgehead atoms. The highest BCUT2D eigenvalue weighted by Gasteiger charge is 2.00. The minimum atomic E-state index is 0.556. The lowest BCUT2D eigenvalue weighted by Crippen LogP contribution is -2.17. The van der Waals surface area contributed by atoms with E-state index in [0.717, 1.165) is 55.8 Å². The van der Waals surface area contributed by atoms with Crippen molar-refractivity contribution >= 4 is 23.0 Å². The van der Waals surface area contributed by atoms with Gasteiger partial charge in [0.05, 0.1) is 0 Å². The van der Waals surface area contributed by atoms with E-state index in [9.17, 15) is 0 Å². The number of hydrazine groups is 1. The Kier molecular flexibility index (Phi) is 13.2. The molecular formula is C24H41N9. The summed E-state index contributed by atoms with van der Waals surface area (Å²) < 4.78 is 0. The van der Waals surface area contributed by atoms with Crippen molar-refractivity contribution in [1.29, 1.82) is 0 Å². The second-order valence-corrected chi connectivity index (χ2v) is 8.20. The van der Waals surface area contributed by atoms with Gasteiger partial charge in [0.1, 0.15) is 11.7 Å². The minimum absolute atomic E-state index is 0.556. The lowest BCUT2D eigenvalue weighted by molar-refractivity contribution is 0.403. The molecule has 2 rings (SSSR count). The number of nitrogens with zero attached hydrogens (tertiary/aromatic N) is 4. The maximum Gasteiger partial charge on any atom is 0.125 e. The van der Waals surface area contributed by atoms with Crippen molar-refractivity contribution in [3.8, 4) is 0 Å². The smallest absolute Gasteiger partial charge is 0.125 e. The number of nitrogens with two attached hydrogens (primary N) is 4. The molecule has 182 valence electrons. The summed E-state index contributed by atoms with van der Waals surface area (Å²) in [6, 6.07) is 15.0. The third-order valence-electron chi connectivity index (χ3n) is 4.60.